The van der Waals surface area contributed by atoms with Crippen molar-refractivity contribution >= 4 is 17.9 Å². The SMILES string of the molecule is NC(=O)ON(OC(N)=O)c1ccccc1. The fourth-order valence-electron chi connectivity index (χ4n) is 0.837. The molecule has 4 N–H and O–H groups in total. The number of para-hydroxylation sites is 1. The molecule has 0 aliphatic heterocycles. The maximum atomic E-state index is 10.5. The molecule has 7 nitrogen and oxygen atoms in total. The summed E-state index contributed by atoms with van der Waals surface area (Å²) in [4.78, 5) is 29.8. The van der Waals surface area contributed by atoms with Crippen molar-refractivity contribution in [2.24, 2.45) is 11.5 Å². The van der Waals surface area contributed by atoms with Crippen molar-refractivity contribution in [3.05, 3.63) is 30.3 Å². The van der Waals surface area contributed by atoms with Crippen molar-refractivity contribution in [1.82, 2.24) is 0 Å². The van der Waals surface area contributed by atoms with E-state index >= 15 is 0 Å². The van der Waals surface area contributed by atoms with Gasteiger partial charge in [0.05, 0.1) is 0 Å². The summed E-state index contributed by atoms with van der Waals surface area (Å²) in [6.07, 6.45) is -2.25. The van der Waals surface area contributed by atoms with Gasteiger partial charge in [0.15, 0.2) is 0 Å². The number of nitrogens with zero attached hydrogens (tertiary/aromatic N) is 1. The Hall–Kier alpha value is -2.44. The van der Waals surface area contributed by atoms with Crippen LogP contribution < -0.4 is 16.7 Å². The molecular weight excluding hydrogens is 202 g/mol. The predicted octanol–water partition coefficient (Wildman–Crippen LogP) is 0.514. The highest BCUT2D eigenvalue weighted by Gasteiger charge is 2.14. The number of benzene rings is 1. The highest BCUT2D eigenvalue weighted by atomic mass is 17.0. The molecule has 0 bridgehead atoms. The van der Waals surface area contributed by atoms with Crippen molar-refractivity contribution in [3.8, 4) is 0 Å². The average molecular weight is 211 g/mol. The van der Waals surface area contributed by atoms with E-state index in [2.05, 4.69) is 9.68 Å². The summed E-state index contributed by atoms with van der Waals surface area (Å²) in [5.74, 6) is 0. The van der Waals surface area contributed by atoms with Gasteiger partial charge in [-0.2, -0.15) is 0 Å². The number of carbonyl (C=O) groups excluding carboxylic acids is 2. The van der Waals surface area contributed by atoms with Crippen LogP contribution in [-0.2, 0) is 9.68 Å². The summed E-state index contributed by atoms with van der Waals surface area (Å²) in [5.41, 5.74) is 9.84. The standard InChI is InChI=1S/C8H9N3O4/c9-7(12)14-11(15-8(10)13)6-4-2-1-3-5-6/h1-5H,(H2,9,12)(H2,10,13). The zero-order valence-corrected chi connectivity index (χ0v) is 7.62. The Morgan fingerprint density at radius 3 is 1.87 bits per heavy atom. The highest BCUT2D eigenvalue weighted by molar-refractivity contribution is 5.69. The quantitative estimate of drug-likeness (QED) is 0.708. The molecule has 1 aromatic rings. The number of carbonyl (C=O) groups is 2. The largest absolute Gasteiger partial charge is 0.431 e. The number of anilines is 1. The van der Waals surface area contributed by atoms with Gasteiger partial charge in [-0.15, -0.1) is 0 Å². The lowest BCUT2D eigenvalue weighted by Gasteiger charge is -2.18. The first kappa shape index (κ1) is 10.6. The number of rotatable bonds is 3. The highest BCUT2D eigenvalue weighted by Crippen LogP contribution is 2.13. The van der Waals surface area contributed by atoms with E-state index in [-0.39, 0.29) is 0 Å². The Balaban J connectivity index is 2.81. The Kier molecular flexibility index (Phi) is 3.33. The van der Waals surface area contributed by atoms with E-state index < -0.39 is 12.2 Å². The van der Waals surface area contributed by atoms with E-state index in [4.69, 9.17) is 11.5 Å². The molecule has 0 saturated carbocycles. The van der Waals surface area contributed by atoms with Crippen molar-refractivity contribution in [2.45, 2.75) is 0 Å². The van der Waals surface area contributed by atoms with Gasteiger partial charge in [-0.25, -0.2) is 9.59 Å². The molecular formula is C8H9N3O4. The van der Waals surface area contributed by atoms with Crippen LogP contribution in [-0.4, -0.2) is 12.2 Å². The number of amides is 2. The monoisotopic (exact) mass is 211 g/mol. The molecule has 0 unspecified atom stereocenters. The Morgan fingerprint density at radius 1 is 1.00 bits per heavy atom. The lowest BCUT2D eigenvalue weighted by molar-refractivity contribution is -0.00157. The second-order valence-electron chi connectivity index (χ2n) is 2.41. The fourth-order valence-corrected chi connectivity index (χ4v) is 0.837. The molecule has 0 aliphatic rings. The molecule has 0 saturated heterocycles. The molecule has 80 valence electrons. The lowest BCUT2D eigenvalue weighted by atomic mass is 10.3. The molecule has 7 heteroatoms. The van der Waals surface area contributed by atoms with Gasteiger partial charge in [-0.3, -0.25) is 9.68 Å². The summed E-state index contributed by atoms with van der Waals surface area (Å²) in [5, 5.41) is 0.532. The first-order chi connectivity index (χ1) is 7.09. The molecule has 0 heterocycles. The van der Waals surface area contributed by atoms with Gasteiger partial charge in [-0.1, -0.05) is 18.2 Å². The van der Waals surface area contributed by atoms with Crippen LogP contribution in [0.1, 0.15) is 0 Å². The second-order valence-corrected chi connectivity index (χ2v) is 2.41. The average Bonchev–Trinajstić information content (AvgIpc) is 2.17. The van der Waals surface area contributed by atoms with E-state index in [9.17, 15) is 9.59 Å². The van der Waals surface area contributed by atoms with Gasteiger partial charge in [0, 0.05) is 0 Å². The summed E-state index contributed by atoms with van der Waals surface area (Å²) >= 11 is 0. The third-order valence-corrected chi connectivity index (χ3v) is 1.31. The van der Waals surface area contributed by atoms with E-state index in [1.807, 2.05) is 0 Å². The smallest absolute Gasteiger partial charge is 0.333 e. The van der Waals surface area contributed by atoms with Crippen molar-refractivity contribution in [1.29, 1.82) is 0 Å². The summed E-state index contributed by atoms with van der Waals surface area (Å²) < 4.78 is 0. The summed E-state index contributed by atoms with van der Waals surface area (Å²) in [7, 11) is 0. The predicted molar refractivity (Wildman–Crippen MR) is 50.3 cm³/mol. The zero-order chi connectivity index (χ0) is 11.3. The lowest BCUT2D eigenvalue weighted by Crippen LogP contribution is -2.34. The third-order valence-electron chi connectivity index (χ3n) is 1.31. The molecule has 2 amide bonds. The summed E-state index contributed by atoms with van der Waals surface area (Å²) in [6.45, 7) is 0. The Morgan fingerprint density at radius 2 is 1.47 bits per heavy atom. The van der Waals surface area contributed by atoms with Gasteiger partial charge >= 0.3 is 12.2 Å². The van der Waals surface area contributed by atoms with Crippen LogP contribution in [0.5, 0.6) is 0 Å². The van der Waals surface area contributed by atoms with Gasteiger partial charge < -0.3 is 11.5 Å². The summed E-state index contributed by atoms with van der Waals surface area (Å²) in [6, 6.07) is 8.10. The maximum absolute atomic E-state index is 10.5. The number of hydrogen-bond donors (Lipinski definition) is 2. The van der Waals surface area contributed by atoms with E-state index in [0.29, 0.717) is 10.9 Å². The minimum Gasteiger partial charge on any atom is -0.333 e. The van der Waals surface area contributed by atoms with Crippen molar-refractivity contribution < 1.29 is 19.3 Å². The number of nitrogens with two attached hydrogens (primary N) is 2. The van der Waals surface area contributed by atoms with Crippen molar-refractivity contribution in [3.63, 3.8) is 0 Å². The molecule has 15 heavy (non-hydrogen) atoms. The van der Waals surface area contributed by atoms with Gasteiger partial charge in [0.2, 0.25) is 0 Å². The molecule has 1 aromatic carbocycles. The van der Waals surface area contributed by atoms with E-state index in [0.717, 1.165) is 0 Å². The number of hydrogen-bond acceptors (Lipinski definition) is 5. The van der Waals surface area contributed by atoms with Crippen LogP contribution in [0.25, 0.3) is 0 Å². The molecule has 0 spiro atoms. The van der Waals surface area contributed by atoms with E-state index in [1.54, 1.807) is 18.2 Å². The molecule has 0 aromatic heterocycles. The topological polar surface area (TPSA) is 108 Å². The maximum Gasteiger partial charge on any atom is 0.431 e. The first-order valence-corrected chi connectivity index (χ1v) is 3.89. The van der Waals surface area contributed by atoms with Gasteiger partial charge in [-0.05, 0) is 17.4 Å². The van der Waals surface area contributed by atoms with Crippen LogP contribution in [0.2, 0.25) is 0 Å². The van der Waals surface area contributed by atoms with Crippen LogP contribution >= 0.6 is 0 Å². The third kappa shape index (κ3) is 3.43. The molecule has 0 aliphatic carbocycles. The Labute approximate surface area is 85.1 Å². The fraction of sp³-hybridized carbons (Fsp3) is 0. The van der Waals surface area contributed by atoms with Gasteiger partial charge in [0.1, 0.15) is 5.69 Å². The zero-order valence-electron chi connectivity index (χ0n) is 7.62. The van der Waals surface area contributed by atoms with Crippen LogP contribution in [0.15, 0.2) is 30.3 Å². The van der Waals surface area contributed by atoms with Crippen LogP contribution in [0, 0.1) is 0 Å². The molecule has 0 radical (unpaired) electrons. The van der Waals surface area contributed by atoms with E-state index in [1.165, 1.54) is 12.1 Å². The minimum atomic E-state index is -1.12. The second kappa shape index (κ2) is 4.70. The van der Waals surface area contributed by atoms with Crippen LogP contribution in [0.3, 0.4) is 0 Å². The number of primary amides is 2. The first-order valence-electron chi connectivity index (χ1n) is 3.89. The normalized spacial score (nSPS) is 9.07. The molecule has 0 fully saturated rings. The van der Waals surface area contributed by atoms with Crippen LogP contribution in [0.4, 0.5) is 15.3 Å². The van der Waals surface area contributed by atoms with Gasteiger partial charge in [0.25, 0.3) is 0 Å². The Bertz CT molecular complexity index is 338. The van der Waals surface area contributed by atoms with Crippen molar-refractivity contribution in [2.75, 3.05) is 5.23 Å². The minimum absolute atomic E-state index is 0.301. The molecule has 1 rings (SSSR count). The molecule has 0 atom stereocenters.